The summed E-state index contributed by atoms with van der Waals surface area (Å²) >= 11 is 0. The molecule has 1 aromatic heterocycles. The van der Waals surface area contributed by atoms with E-state index in [-0.39, 0.29) is 29.8 Å². The number of nitrogens with two attached hydrogens (primary N) is 1. The minimum Gasteiger partial charge on any atom is -0.462 e. The first-order chi connectivity index (χ1) is 8.56. The van der Waals surface area contributed by atoms with Crippen LogP contribution < -0.4 is 5.73 Å². The maximum atomic E-state index is 12.7. The monoisotopic (exact) mass is 255 g/mol. The highest BCUT2D eigenvalue weighted by molar-refractivity contribution is 5.94. The van der Waals surface area contributed by atoms with E-state index in [0.717, 1.165) is 6.20 Å². The lowest BCUT2D eigenvalue weighted by Gasteiger charge is -2.12. The molecular weight excluding hydrogens is 244 g/mol. The van der Waals surface area contributed by atoms with Crippen LogP contribution in [0.1, 0.15) is 40.5 Å². The van der Waals surface area contributed by atoms with Gasteiger partial charge in [-0.25, -0.2) is 13.6 Å². The summed E-state index contributed by atoms with van der Waals surface area (Å²) in [5.41, 5.74) is 4.25. The third-order valence-electron chi connectivity index (χ3n) is 2.22. The van der Waals surface area contributed by atoms with Gasteiger partial charge in [0, 0.05) is 18.3 Å². The Bertz CT molecular complexity index is 498. The fraction of sp³-hybridized carbons (Fsp3) is 0.364. The number of carbonyl (C=O) groups excluding carboxylic acids is 1. The number of nitriles is 1. The first-order valence-electron chi connectivity index (χ1n) is 5.14. The van der Waals surface area contributed by atoms with E-state index in [4.69, 9.17) is 15.7 Å². The van der Waals surface area contributed by atoms with Crippen LogP contribution in [-0.4, -0.2) is 17.6 Å². The maximum absolute atomic E-state index is 12.7. The molecule has 0 aliphatic carbocycles. The molecule has 1 heterocycles. The highest BCUT2D eigenvalue weighted by Crippen LogP contribution is 2.25. The standard InChI is InChI=1S/C11H11F2N3O2/c1-2-18-11(17)8-6(3-14)5-16-9(10(12)13)7(8)4-15/h5,10H,2,4,15H2,1H3. The average molecular weight is 255 g/mol. The summed E-state index contributed by atoms with van der Waals surface area (Å²) in [5.74, 6) is -0.848. The second kappa shape index (κ2) is 6.02. The van der Waals surface area contributed by atoms with Gasteiger partial charge in [-0.2, -0.15) is 5.26 Å². The summed E-state index contributed by atoms with van der Waals surface area (Å²) in [6, 6.07) is 1.71. The first-order valence-corrected chi connectivity index (χ1v) is 5.14. The molecule has 1 aromatic rings. The van der Waals surface area contributed by atoms with Gasteiger partial charge in [0.15, 0.2) is 0 Å². The van der Waals surface area contributed by atoms with E-state index in [1.54, 1.807) is 13.0 Å². The molecule has 1 rings (SSSR count). The third-order valence-corrected chi connectivity index (χ3v) is 2.22. The van der Waals surface area contributed by atoms with Crippen LogP contribution in [0.4, 0.5) is 8.78 Å². The molecule has 0 aliphatic rings. The van der Waals surface area contributed by atoms with Gasteiger partial charge < -0.3 is 10.5 Å². The van der Waals surface area contributed by atoms with E-state index in [1.807, 2.05) is 0 Å². The van der Waals surface area contributed by atoms with Crippen molar-refractivity contribution in [2.45, 2.75) is 19.9 Å². The van der Waals surface area contributed by atoms with Gasteiger partial charge in [0.2, 0.25) is 0 Å². The molecule has 0 unspecified atom stereocenters. The Kier molecular flexibility index (Phi) is 4.68. The van der Waals surface area contributed by atoms with Crippen LogP contribution in [0, 0.1) is 11.3 Å². The summed E-state index contributed by atoms with van der Waals surface area (Å²) in [4.78, 5) is 15.1. The Balaban J connectivity index is 3.47. The lowest BCUT2D eigenvalue weighted by atomic mass is 10.0. The molecule has 0 radical (unpaired) electrons. The van der Waals surface area contributed by atoms with Crippen molar-refractivity contribution < 1.29 is 18.3 Å². The number of rotatable bonds is 4. The van der Waals surface area contributed by atoms with Crippen molar-refractivity contribution in [1.82, 2.24) is 4.98 Å². The van der Waals surface area contributed by atoms with Gasteiger partial charge in [0.25, 0.3) is 6.43 Å². The molecule has 5 nitrogen and oxygen atoms in total. The van der Waals surface area contributed by atoms with Crippen LogP contribution in [0.15, 0.2) is 6.20 Å². The van der Waals surface area contributed by atoms with Crippen LogP contribution in [0.5, 0.6) is 0 Å². The van der Waals surface area contributed by atoms with Gasteiger partial charge in [-0.1, -0.05) is 0 Å². The second-order valence-electron chi connectivity index (χ2n) is 3.25. The van der Waals surface area contributed by atoms with Gasteiger partial charge >= 0.3 is 5.97 Å². The van der Waals surface area contributed by atoms with E-state index >= 15 is 0 Å². The Hall–Kier alpha value is -2.07. The second-order valence-corrected chi connectivity index (χ2v) is 3.25. The largest absolute Gasteiger partial charge is 0.462 e. The number of ether oxygens (including phenoxy) is 1. The van der Waals surface area contributed by atoms with E-state index in [1.165, 1.54) is 0 Å². The number of carbonyl (C=O) groups is 1. The minimum atomic E-state index is -2.87. The van der Waals surface area contributed by atoms with E-state index < -0.39 is 18.1 Å². The molecule has 0 spiro atoms. The quantitative estimate of drug-likeness (QED) is 0.824. The van der Waals surface area contributed by atoms with Crippen molar-refractivity contribution in [3.8, 4) is 6.07 Å². The number of alkyl halides is 2. The smallest absolute Gasteiger partial charge is 0.339 e. The summed E-state index contributed by atoms with van der Waals surface area (Å²) in [5, 5.41) is 8.86. The fourth-order valence-corrected chi connectivity index (χ4v) is 1.48. The Morgan fingerprint density at radius 3 is 2.78 bits per heavy atom. The van der Waals surface area contributed by atoms with E-state index in [9.17, 15) is 13.6 Å². The number of hydrogen-bond donors (Lipinski definition) is 1. The summed E-state index contributed by atoms with van der Waals surface area (Å²) in [6.07, 6.45) is -1.95. The first kappa shape index (κ1) is 14.0. The van der Waals surface area contributed by atoms with Crippen LogP contribution in [0.2, 0.25) is 0 Å². The highest BCUT2D eigenvalue weighted by atomic mass is 19.3. The topological polar surface area (TPSA) is 89.0 Å². The number of nitrogens with zero attached hydrogens (tertiary/aromatic N) is 2. The third kappa shape index (κ3) is 2.60. The molecule has 0 bridgehead atoms. The zero-order valence-electron chi connectivity index (χ0n) is 9.61. The van der Waals surface area contributed by atoms with Gasteiger partial charge in [0.05, 0.1) is 17.7 Å². The van der Waals surface area contributed by atoms with Crippen LogP contribution in [0.3, 0.4) is 0 Å². The van der Waals surface area contributed by atoms with Crippen molar-refractivity contribution in [2.75, 3.05) is 6.61 Å². The molecule has 0 amide bonds. The average Bonchev–Trinajstić information content (AvgIpc) is 2.36. The van der Waals surface area contributed by atoms with E-state index in [0.29, 0.717) is 0 Å². The lowest BCUT2D eigenvalue weighted by Crippen LogP contribution is -2.16. The molecular formula is C11H11F2N3O2. The normalized spacial score (nSPS) is 10.2. The van der Waals surface area contributed by atoms with Crippen molar-refractivity contribution in [3.63, 3.8) is 0 Å². The van der Waals surface area contributed by atoms with Crippen molar-refractivity contribution >= 4 is 5.97 Å². The number of pyridine rings is 1. The lowest BCUT2D eigenvalue weighted by molar-refractivity contribution is 0.0523. The molecule has 7 heteroatoms. The van der Waals surface area contributed by atoms with Crippen molar-refractivity contribution in [3.05, 3.63) is 28.6 Å². The number of halogens is 2. The molecule has 0 saturated carbocycles. The molecule has 0 atom stereocenters. The summed E-state index contributed by atoms with van der Waals surface area (Å²) < 4.78 is 30.2. The zero-order valence-corrected chi connectivity index (χ0v) is 9.61. The van der Waals surface area contributed by atoms with Crippen molar-refractivity contribution in [1.29, 1.82) is 5.26 Å². The fourth-order valence-electron chi connectivity index (χ4n) is 1.48. The maximum Gasteiger partial charge on any atom is 0.339 e. The number of hydrogen-bond acceptors (Lipinski definition) is 5. The molecule has 2 N–H and O–H groups in total. The van der Waals surface area contributed by atoms with Gasteiger partial charge in [-0.15, -0.1) is 0 Å². The minimum absolute atomic E-state index is 0.0695. The van der Waals surface area contributed by atoms with Gasteiger partial charge in [0.1, 0.15) is 11.8 Å². The number of esters is 1. The highest BCUT2D eigenvalue weighted by Gasteiger charge is 2.24. The molecule has 96 valence electrons. The molecule has 0 aliphatic heterocycles. The molecule has 0 fully saturated rings. The molecule has 0 saturated heterocycles. The SMILES string of the molecule is CCOC(=O)c1c(C#N)cnc(C(F)F)c1CN. The summed E-state index contributed by atoms with van der Waals surface area (Å²) in [7, 11) is 0. The van der Waals surface area contributed by atoms with Crippen molar-refractivity contribution in [2.24, 2.45) is 5.73 Å². The Morgan fingerprint density at radius 1 is 1.67 bits per heavy atom. The zero-order chi connectivity index (χ0) is 13.7. The Labute approximate surface area is 102 Å². The van der Waals surface area contributed by atoms with Gasteiger partial charge in [-0.3, -0.25) is 4.98 Å². The predicted molar refractivity (Wildman–Crippen MR) is 57.8 cm³/mol. The van der Waals surface area contributed by atoms with E-state index in [2.05, 4.69) is 4.98 Å². The van der Waals surface area contributed by atoms with Crippen LogP contribution in [-0.2, 0) is 11.3 Å². The number of aromatic nitrogens is 1. The van der Waals surface area contributed by atoms with Gasteiger partial charge in [-0.05, 0) is 6.92 Å². The molecule has 0 aromatic carbocycles. The molecule has 18 heavy (non-hydrogen) atoms. The predicted octanol–water partition coefficient (Wildman–Crippen LogP) is 1.53. The van der Waals surface area contributed by atoms with Crippen LogP contribution in [0.25, 0.3) is 0 Å². The Morgan fingerprint density at radius 2 is 2.33 bits per heavy atom. The summed E-state index contributed by atoms with van der Waals surface area (Å²) in [6.45, 7) is 1.32. The van der Waals surface area contributed by atoms with Crippen LogP contribution >= 0.6 is 0 Å².